The maximum absolute atomic E-state index is 12.8. The zero-order valence-electron chi connectivity index (χ0n) is 19.6. The molecule has 8 nitrogen and oxygen atoms in total. The van der Waals surface area contributed by atoms with E-state index in [2.05, 4.69) is 26.6 Å². The number of benzene rings is 2. The fourth-order valence-corrected chi connectivity index (χ4v) is 3.94. The third-order valence-electron chi connectivity index (χ3n) is 5.39. The van der Waals surface area contributed by atoms with Gasteiger partial charge in [-0.25, -0.2) is 9.69 Å². The summed E-state index contributed by atoms with van der Waals surface area (Å²) >= 11 is 3.49. The van der Waals surface area contributed by atoms with Gasteiger partial charge in [0.2, 0.25) is 5.91 Å². The minimum absolute atomic E-state index is 0.00546. The maximum Gasteiger partial charge on any atom is 0.329 e. The lowest BCUT2D eigenvalue weighted by Crippen LogP contribution is -2.38. The molecule has 0 spiro atoms. The predicted molar refractivity (Wildman–Crippen MR) is 134 cm³/mol. The van der Waals surface area contributed by atoms with Crippen molar-refractivity contribution in [3.63, 3.8) is 0 Å². The molecule has 4 amide bonds. The van der Waals surface area contributed by atoms with Crippen molar-refractivity contribution in [2.75, 3.05) is 19.0 Å². The highest BCUT2D eigenvalue weighted by Gasteiger charge is 2.35. The molecule has 1 aliphatic rings. The fourth-order valence-electron chi connectivity index (χ4n) is 3.39. The lowest BCUT2D eigenvalue weighted by atomic mass is 10.1. The molecule has 1 atom stereocenters. The molecule has 2 N–H and O–H groups in total. The molecule has 0 aromatic heterocycles. The third kappa shape index (κ3) is 5.77. The molecular weight excluding hydrogens is 502 g/mol. The van der Waals surface area contributed by atoms with Gasteiger partial charge in [-0.05, 0) is 71.1 Å². The molecule has 2 aromatic rings. The van der Waals surface area contributed by atoms with Crippen LogP contribution in [0.4, 0.5) is 10.5 Å². The van der Waals surface area contributed by atoms with Crippen molar-refractivity contribution in [1.82, 2.24) is 10.2 Å². The summed E-state index contributed by atoms with van der Waals surface area (Å²) < 4.78 is 12.0. The molecule has 1 aliphatic heterocycles. The van der Waals surface area contributed by atoms with Crippen LogP contribution in [0.2, 0.25) is 0 Å². The van der Waals surface area contributed by atoms with Crippen LogP contribution >= 0.6 is 15.9 Å². The van der Waals surface area contributed by atoms with Crippen LogP contribution in [0.15, 0.2) is 46.6 Å². The van der Waals surface area contributed by atoms with Gasteiger partial charge < -0.3 is 20.1 Å². The summed E-state index contributed by atoms with van der Waals surface area (Å²) in [6.45, 7) is 5.57. The maximum atomic E-state index is 12.8. The van der Waals surface area contributed by atoms with Crippen LogP contribution in [-0.2, 0) is 16.0 Å². The molecule has 2 aromatic carbocycles. The highest BCUT2D eigenvalue weighted by molar-refractivity contribution is 9.10. The monoisotopic (exact) mass is 529 g/mol. The van der Waals surface area contributed by atoms with Crippen molar-refractivity contribution >= 4 is 45.5 Å². The van der Waals surface area contributed by atoms with E-state index in [0.29, 0.717) is 27.2 Å². The van der Waals surface area contributed by atoms with Crippen LogP contribution in [0.25, 0.3) is 6.08 Å². The van der Waals surface area contributed by atoms with Crippen LogP contribution in [-0.4, -0.2) is 42.5 Å². The molecule has 34 heavy (non-hydrogen) atoms. The number of urea groups is 1. The third-order valence-corrected chi connectivity index (χ3v) is 5.98. The highest BCUT2D eigenvalue weighted by Crippen LogP contribution is 2.38. The van der Waals surface area contributed by atoms with Crippen LogP contribution in [0.5, 0.6) is 11.5 Å². The number of anilines is 1. The number of ether oxygens (including phenoxy) is 2. The summed E-state index contributed by atoms with van der Waals surface area (Å²) in [6.07, 6.45) is 3.10. The Morgan fingerprint density at radius 3 is 2.65 bits per heavy atom. The number of methoxy groups -OCH3 is 1. The zero-order chi connectivity index (χ0) is 24.8. The Morgan fingerprint density at radius 2 is 1.97 bits per heavy atom. The van der Waals surface area contributed by atoms with Crippen molar-refractivity contribution in [2.24, 2.45) is 0 Å². The van der Waals surface area contributed by atoms with Gasteiger partial charge in [-0.2, -0.15) is 0 Å². The summed E-state index contributed by atoms with van der Waals surface area (Å²) in [7, 11) is 1.53. The quantitative estimate of drug-likeness (QED) is 0.361. The second-order valence-corrected chi connectivity index (χ2v) is 8.66. The van der Waals surface area contributed by atoms with E-state index < -0.39 is 24.4 Å². The number of imide groups is 1. The van der Waals surface area contributed by atoms with Crippen molar-refractivity contribution in [2.45, 2.75) is 39.7 Å². The van der Waals surface area contributed by atoms with E-state index in [-0.39, 0.29) is 11.8 Å². The van der Waals surface area contributed by atoms with E-state index in [4.69, 9.17) is 9.47 Å². The average molecular weight is 530 g/mol. The molecule has 0 unspecified atom stereocenters. The van der Waals surface area contributed by atoms with E-state index in [1.54, 1.807) is 18.2 Å². The molecular formula is C25H28BrN3O5. The number of hydrogen-bond donors (Lipinski definition) is 2. The number of amides is 4. The number of aryl methyl sites for hydroxylation is 1. The van der Waals surface area contributed by atoms with Gasteiger partial charge >= 0.3 is 6.03 Å². The van der Waals surface area contributed by atoms with Crippen molar-refractivity contribution < 1.29 is 23.9 Å². The number of carbonyl (C=O) groups is 3. The Morgan fingerprint density at radius 1 is 1.24 bits per heavy atom. The molecule has 0 saturated carbocycles. The Kier molecular flexibility index (Phi) is 8.33. The lowest BCUT2D eigenvalue weighted by Gasteiger charge is -2.17. The zero-order valence-corrected chi connectivity index (χ0v) is 21.2. The molecule has 1 fully saturated rings. The first-order chi connectivity index (χ1) is 16.3. The fraction of sp³-hybridized carbons (Fsp3) is 0.320. The summed E-state index contributed by atoms with van der Waals surface area (Å²) in [4.78, 5) is 38.7. The van der Waals surface area contributed by atoms with Crippen molar-refractivity contribution in [3.05, 3.63) is 57.7 Å². The lowest BCUT2D eigenvalue weighted by molar-refractivity contribution is -0.127. The Labute approximate surface area is 207 Å². The van der Waals surface area contributed by atoms with Crippen LogP contribution in [0.1, 0.15) is 38.3 Å². The Balaban J connectivity index is 1.76. The summed E-state index contributed by atoms with van der Waals surface area (Å²) in [6, 6.07) is 10.2. The number of para-hydroxylation sites is 1. The van der Waals surface area contributed by atoms with Crippen LogP contribution < -0.4 is 20.1 Å². The van der Waals surface area contributed by atoms with E-state index >= 15 is 0 Å². The number of nitrogens with zero attached hydrogens (tertiary/aromatic N) is 1. The van der Waals surface area contributed by atoms with Gasteiger partial charge in [0, 0.05) is 5.69 Å². The van der Waals surface area contributed by atoms with E-state index in [9.17, 15) is 14.4 Å². The predicted octanol–water partition coefficient (Wildman–Crippen LogP) is 4.73. The average Bonchev–Trinajstić information content (AvgIpc) is 3.07. The van der Waals surface area contributed by atoms with Crippen LogP contribution in [0.3, 0.4) is 0 Å². The van der Waals surface area contributed by atoms with Gasteiger partial charge in [0.25, 0.3) is 5.91 Å². The normalized spacial score (nSPS) is 15.3. The number of carbonyl (C=O) groups excluding carboxylic acids is 3. The van der Waals surface area contributed by atoms with Gasteiger partial charge in [-0.3, -0.25) is 9.59 Å². The Hall–Kier alpha value is -3.33. The molecule has 9 heteroatoms. The number of rotatable bonds is 9. The van der Waals surface area contributed by atoms with E-state index in [0.717, 1.165) is 23.3 Å². The van der Waals surface area contributed by atoms with Gasteiger partial charge in [-0.15, -0.1) is 0 Å². The molecule has 1 heterocycles. The second-order valence-electron chi connectivity index (χ2n) is 7.81. The molecule has 180 valence electrons. The van der Waals surface area contributed by atoms with Gasteiger partial charge in [0.05, 0.1) is 17.7 Å². The highest BCUT2D eigenvalue weighted by atomic mass is 79.9. The van der Waals surface area contributed by atoms with E-state index in [1.807, 2.05) is 39.0 Å². The van der Waals surface area contributed by atoms with E-state index in [1.165, 1.54) is 13.2 Å². The number of hydrogen-bond acceptors (Lipinski definition) is 5. The molecule has 0 aliphatic carbocycles. The molecule has 1 saturated heterocycles. The standard InChI is InChI=1S/C25H28BrN3O5/c1-5-15(3)34-23-18(26)11-16(13-21(23)33-4)12-20-24(31)29(25(32)28-20)14-22(30)27-19-10-8-7-9-17(19)6-2/h7-13,15H,5-6,14H2,1-4H3,(H,27,30)(H,28,32)/b20-12+/t15-/m1/s1. The smallest absolute Gasteiger partial charge is 0.329 e. The van der Waals surface area contributed by atoms with Crippen molar-refractivity contribution in [3.8, 4) is 11.5 Å². The topological polar surface area (TPSA) is 97.0 Å². The SMILES string of the molecule is CCc1ccccc1NC(=O)CN1C(=O)N/C(=C/c2cc(Br)c(O[C@H](C)CC)c(OC)c2)C1=O. The second kappa shape index (κ2) is 11.2. The largest absolute Gasteiger partial charge is 0.493 e. The molecule has 0 radical (unpaired) electrons. The minimum Gasteiger partial charge on any atom is -0.493 e. The summed E-state index contributed by atoms with van der Waals surface area (Å²) in [5.41, 5.74) is 2.31. The van der Waals surface area contributed by atoms with Gasteiger partial charge in [0.1, 0.15) is 12.2 Å². The van der Waals surface area contributed by atoms with Crippen LogP contribution in [0, 0.1) is 0 Å². The molecule has 3 rings (SSSR count). The first-order valence-corrected chi connectivity index (χ1v) is 11.8. The summed E-state index contributed by atoms with van der Waals surface area (Å²) in [5.74, 6) is 0.0103. The first-order valence-electron chi connectivity index (χ1n) is 11.0. The number of nitrogens with one attached hydrogen (secondary N) is 2. The first kappa shape index (κ1) is 25.3. The van der Waals surface area contributed by atoms with Gasteiger partial charge in [-0.1, -0.05) is 32.0 Å². The number of halogens is 1. The van der Waals surface area contributed by atoms with Gasteiger partial charge in [0.15, 0.2) is 11.5 Å². The molecule has 0 bridgehead atoms. The summed E-state index contributed by atoms with van der Waals surface area (Å²) in [5, 5.41) is 5.31. The Bertz CT molecular complexity index is 1130. The minimum atomic E-state index is -0.655. The van der Waals surface area contributed by atoms with Crippen molar-refractivity contribution in [1.29, 1.82) is 0 Å².